The summed E-state index contributed by atoms with van der Waals surface area (Å²) < 4.78 is 2.24. The zero-order valence-electron chi connectivity index (χ0n) is 9.84. The van der Waals surface area contributed by atoms with E-state index in [1.807, 2.05) is 18.2 Å². The van der Waals surface area contributed by atoms with Crippen LogP contribution in [0.1, 0.15) is 11.1 Å². The van der Waals surface area contributed by atoms with Gasteiger partial charge in [0.2, 0.25) is 0 Å². The summed E-state index contributed by atoms with van der Waals surface area (Å²) >= 11 is 1.74. The molecule has 2 heterocycles. The molecule has 0 unspecified atom stereocenters. The third-order valence-electron chi connectivity index (χ3n) is 3.12. The predicted molar refractivity (Wildman–Crippen MR) is 74.7 cm³/mol. The Morgan fingerprint density at radius 1 is 1.22 bits per heavy atom. The lowest BCUT2D eigenvalue weighted by Gasteiger charge is -2.04. The number of thiophene rings is 1. The van der Waals surface area contributed by atoms with E-state index in [9.17, 15) is 0 Å². The van der Waals surface area contributed by atoms with E-state index in [1.54, 1.807) is 11.3 Å². The van der Waals surface area contributed by atoms with E-state index < -0.39 is 0 Å². The van der Waals surface area contributed by atoms with Crippen molar-refractivity contribution in [1.29, 1.82) is 5.26 Å². The summed E-state index contributed by atoms with van der Waals surface area (Å²) in [6, 6.07) is 12.3. The predicted octanol–water partition coefficient (Wildman–Crippen LogP) is 3.82. The first kappa shape index (κ1) is 11.1. The van der Waals surface area contributed by atoms with E-state index >= 15 is 0 Å². The Bertz CT molecular complexity index is 702. The molecular weight excluding hydrogens is 240 g/mol. The minimum Gasteiger partial charge on any atom is -0.347 e. The number of aromatic nitrogens is 1. The van der Waals surface area contributed by atoms with Crippen LogP contribution in [0.15, 0.2) is 47.3 Å². The zero-order valence-corrected chi connectivity index (χ0v) is 10.7. The SMILES string of the molecule is N#Cc1ccc2c(ccn2CCc2ccsc2)c1. The van der Waals surface area contributed by atoms with E-state index in [1.165, 1.54) is 11.1 Å². The van der Waals surface area contributed by atoms with Crippen LogP contribution in [0.4, 0.5) is 0 Å². The maximum absolute atomic E-state index is 8.88. The fourth-order valence-corrected chi connectivity index (χ4v) is 2.85. The Labute approximate surface area is 110 Å². The van der Waals surface area contributed by atoms with E-state index in [2.05, 4.69) is 39.7 Å². The van der Waals surface area contributed by atoms with E-state index in [0.717, 1.165) is 23.9 Å². The minimum atomic E-state index is 0.720. The molecule has 18 heavy (non-hydrogen) atoms. The molecule has 0 aliphatic heterocycles. The molecule has 0 aliphatic rings. The van der Waals surface area contributed by atoms with Crippen molar-refractivity contribution in [2.24, 2.45) is 0 Å². The van der Waals surface area contributed by atoms with Gasteiger partial charge in [-0.3, -0.25) is 0 Å². The van der Waals surface area contributed by atoms with E-state index in [4.69, 9.17) is 5.26 Å². The molecule has 3 rings (SSSR count). The van der Waals surface area contributed by atoms with E-state index in [0.29, 0.717) is 0 Å². The first-order chi connectivity index (χ1) is 8.86. The summed E-state index contributed by atoms with van der Waals surface area (Å²) in [5.41, 5.74) is 3.30. The van der Waals surface area contributed by atoms with Gasteiger partial charge < -0.3 is 4.57 Å². The van der Waals surface area contributed by atoms with Gasteiger partial charge in [-0.1, -0.05) is 0 Å². The van der Waals surface area contributed by atoms with Gasteiger partial charge >= 0.3 is 0 Å². The molecule has 0 saturated carbocycles. The van der Waals surface area contributed by atoms with Crippen LogP contribution in [0.25, 0.3) is 10.9 Å². The second-order valence-corrected chi connectivity index (χ2v) is 5.06. The van der Waals surface area contributed by atoms with Crippen LogP contribution in [-0.4, -0.2) is 4.57 Å². The summed E-state index contributed by atoms with van der Waals surface area (Å²) in [4.78, 5) is 0. The number of nitrogens with zero attached hydrogens (tertiary/aromatic N) is 2. The Hall–Kier alpha value is -2.05. The number of hydrogen-bond acceptors (Lipinski definition) is 2. The van der Waals surface area contributed by atoms with Crippen LogP contribution in [-0.2, 0) is 13.0 Å². The van der Waals surface area contributed by atoms with Crippen molar-refractivity contribution >= 4 is 22.2 Å². The summed E-state index contributed by atoms with van der Waals surface area (Å²) in [5.74, 6) is 0. The smallest absolute Gasteiger partial charge is 0.0991 e. The molecule has 0 radical (unpaired) electrons. The molecule has 2 nitrogen and oxygen atoms in total. The lowest BCUT2D eigenvalue weighted by atomic mass is 10.2. The standard InChI is InChI=1S/C15H12N2S/c16-10-13-1-2-15-14(9-13)4-7-17(15)6-3-12-5-8-18-11-12/h1-2,4-5,7-9,11H,3,6H2. The third kappa shape index (κ3) is 2.03. The lowest BCUT2D eigenvalue weighted by Crippen LogP contribution is -1.98. The molecule has 0 amide bonds. The van der Waals surface area contributed by atoms with Gasteiger partial charge in [-0.25, -0.2) is 0 Å². The Balaban J connectivity index is 1.87. The van der Waals surface area contributed by atoms with Crippen LogP contribution in [0.5, 0.6) is 0 Å². The monoisotopic (exact) mass is 252 g/mol. The van der Waals surface area contributed by atoms with Gasteiger partial charge in [0.1, 0.15) is 0 Å². The molecule has 0 atom stereocenters. The molecule has 0 aliphatic carbocycles. The average Bonchev–Trinajstić information content (AvgIpc) is 3.05. The summed E-state index contributed by atoms with van der Waals surface area (Å²) in [6.07, 6.45) is 3.14. The summed E-state index contributed by atoms with van der Waals surface area (Å²) in [5, 5.41) is 14.3. The molecular formula is C15H12N2S. The van der Waals surface area contributed by atoms with Crippen molar-refractivity contribution in [3.63, 3.8) is 0 Å². The lowest BCUT2D eigenvalue weighted by molar-refractivity contribution is 0.724. The van der Waals surface area contributed by atoms with Gasteiger partial charge in [0.05, 0.1) is 11.6 Å². The number of aryl methyl sites for hydroxylation is 2. The van der Waals surface area contributed by atoms with Crippen molar-refractivity contribution in [3.05, 3.63) is 58.4 Å². The molecule has 88 valence electrons. The van der Waals surface area contributed by atoms with Crippen LogP contribution in [0.3, 0.4) is 0 Å². The third-order valence-corrected chi connectivity index (χ3v) is 3.85. The first-order valence-corrected chi connectivity index (χ1v) is 6.81. The second kappa shape index (κ2) is 4.67. The van der Waals surface area contributed by atoms with Gasteiger partial charge in [-0.05, 0) is 53.1 Å². The summed E-state index contributed by atoms with van der Waals surface area (Å²) in [7, 11) is 0. The molecule has 0 fully saturated rings. The highest BCUT2D eigenvalue weighted by Crippen LogP contribution is 2.18. The Morgan fingerprint density at radius 3 is 2.94 bits per heavy atom. The van der Waals surface area contributed by atoms with Gasteiger partial charge in [-0.2, -0.15) is 16.6 Å². The molecule has 1 aromatic carbocycles. The number of fused-ring (bicyclic) bond motifs is 1. The average molecular weight is 252 g/mol. The van der Waals surface area contributed by atoms with Gasteiger partial charge in [0.15, 0.2) is 0 Å². The van der Waals surface area contributed by atoms with Gasteiger partial charge in [0, 0.05) is 23.6 Å². The van der Waals surface area contributed by atoms with Crippen LogP contribution in [0.2, 0.25) is 0 Å². The number of rotatable bonds is 3. The maximum Gasteiger partial charge on any atom is 0.0991 e. The van der Waals surface area contributed by atoms with Crippen molar-refractivity contribution in [1.82, 2.24) is 4.57 Å². The molecule has 0 spiro atoms. The quantitative estimate of drug-likeness (QED) is 0.696. The first-order valence-electron chi connectivity index (χ1n) is 5.87. The highest BCUT2D eigenvalue weighted by Gasteiger charge is 2.02. The van der Waals surface area contributed by atoms with Gasteiger partial charge in [-0.15, -0.1) is 0 Å². The Morgan fingerprint density at radius 2 is 2.17 bits per heavy atom. The maximum atomic E-state index is 8.88. The second-order valence-electron chi connectivity index (χ2n) is 4.28. The molecule has 0 N–H and O–H groups in total. The molecule has 0 saturated heterocycles. The highest BCUT2D eigenvalue weighted by atomic mass is 32.1. The Kier molecular flexibility index (Phi) is 2.87. The largest absolute Gasteiger partial charge is 0.347 e. The van der Waals surface area contributed by atoms with Crippen molar-refractivity contribution in [3.8, 4) is 6.07 Å². The topological polar surface area (TPSA) is 28.7 Å². The minimum absolute atomic E-state index is 0.720. The molecule has 2 aromatic heterocycles. The highest BCUT2D eigenvalue weighted by molar-refractivity contribution is 7.07. The number of nitriles is 1. The van der Waals surface area contributed by atoms with Crippen molar-refractivity contribution in [2.45, 2.75) is 13.0 Å². The molecule has 0 bridgehead atoms. The zero-order chi connectivity index (χ0) is 12.4. The van der Waals surface area contributed by atoms with Crippen LogP contribution < -0.4 is 0 Å². The molecule has 3 aromatic rings. The van der Waals surface area contributed by atoms with Crippen molar-refractivity contribution in [2.75, 3.05) is 0 Å². The van der Waals surface area contributed by atoms with Gasteiger partial charge in [0.25, 0.3) is 0 Å². The summed E-state index contributed by atoms with van der Waals surface area (Å²) in [6.45, 7) is 0.978. The van der Waals surface area contributed by atoms with Crippen LogP contribution >= 0.6 is 11.3 Å². The fraction of sp³-hybridized carbons (Fsp3) is 0.133. The fourth-order valence-electron chi connectivity index (χ4n) is 2.15. The normalized spacial score (nSPS) is 10.6. The molecule has 3 heteroatoms. The van der Waals surface area contributed by atoms with Crippen molar-refractivity contribution < 1.29 is 0 Å². The van der Waals surface area contributed by atoms with E-state index in [-0.39, 0.29) is 0 Å². The van der Waals surface area contributed by atoms with Crippen LogP contribution in [0, 0.1) is 11.3 Å². The number of hydrogen-bond donors (Lipinski definition) is 0. The number of benzene rings is 1.